The number of hydrogen-bond acceptors (Lipinski definition) is 6. The van der Waals surface area contributed by atoms with E-state index in [9.17, 15) is 25.2 Å². The van der Waals surface area contributed by atoms with E-state index in [-0.39, 0.29) is 5.57 Å². The average Bonchev–Trinajstić information content (AvgIpc) is 2.89. The van der Waals surface area contributed by atoms with Gasteiger partial charge in [-0.3, -0.25) is 0 Å². The molecule has 0 aromatic carbocycles. The third-order valence-electron chi connectivity index (χ3n) is 4.81. The highest BCUT2D eigenvalue weighted by molar-refractivity contribution is 5.88. The highest BCUT2D eigenvalue weighted by atomic mass is 16.6. The van der Waals surface area contributed by atoms with Crippen LogP contribution < -0.4 is 0 Å². The minimum absolute atomic E-state index is 0.288. The third kappa shape index (κ3) is 4.61. The molecule has 0 spiro atoms. The molecule has 4 atom stereocenters. The van der Waals surface area contributed by atoms with E-state index >= 15 is 0 Å². The number of aliphatic hydroxyl groups is 3. The van der Waals surface area contributed by atoms with Crippen molar-refractivity contribution in [2.24, 2.45) is 0 Å². The maximum atomic E-state index is 11.6. The summed E-state index contributed by atoms with van der Waals surface area (Å²) in [6.45, 7) is 1.73. The second kappa shape index (κ2) is 9.33. The van der Waals surface area contributed by atoms with Gasteiger partial charge in [0, 0.05) is 18.3 Å². The molecule has 0 amide bonds. The van der Waals surface area contributed by atoms with Crippen molar-refractivity contribution in [3.05, 3.63) is 23.5 Å². The normalized spacial score (nSPS) is 29.5. The molecule has 2 aliphatic rings. The number of aliphatic carboxylic acids is 1. The van der Waals surface area contributed by atoms with Crippen molar-refractivity contribution < 1.29 is 30.0 Å². The Labute approximate surface area is 148 Å². The van der Waals surface area contributed by atoms with E-state index in [2.05, 4.69) is 6.92 Å². The Morgan fingerprint density at radius 1 is 1.24 bits per heavy atom. The minimum Gasteiger partial charge on any atom is -0.478 e. The summed E-state index contributed by atoms with van der Waals surface area (Å²) in [7, 11) is 0. The molecule has 7 nitrogen and oxygen atoms in total. The number of carboxylic acid groups (broad SMARTS) is 1. The second-order valence-corrected chi connectivity index (χ2v) is 6.62. The second-order valence-electron chi connectivity index (χ2n) is 6.62. The quantitative estimate of drug-likeness (QED) is 0.462. The number of aliphatic hydroxyl groups excluding tert-OH is 3. The van der Waals surface area contributed by atoms with E-state index in [4.69, 9.17) is 4.74 Å². The van der Waals surface area contributed by atoms with E-state index in [0.29, 0.717) is 18.5 Å². The largest absolute Gasteiger partial charge is 0.478 e. The molecule has 0 unspecified atom stereocenters. The van der Waals surface area contributed by atoms with Crippen LogP contribution in [0.4, 0.5) is 0 Å². The van der Waals surface area contributed by atoms with Crippen LogP contribution in [-0.4, -0.2) is 62.4 Å². The zero-order chi connectivity index (χ0) is 18.4. The molecule has 0 saturated carbocycles. The maximum Gasteiger partial charge on any atom is 0.333 e. The van der Waals surface area contributed by atoms with Crippen LogP contribution in [0.5, 0.6) is 0 Å². The molecule has 4 N–H and O–H groups in total. The van der Waals surface area contributed by atoms with Crippen molar-refractivity contribution in [1.29, 1.82) is 0 Å². The first-order valence-corrected chi connectivity index (χ1v) is 9.04. The summed E-state index contributed by atoms with van der Waals surface area (Å²) in [5.74, 6) is -0.982. The first-order chi connectivity index (χ1) is 12.0. The highest BCUT2D eigenvalue weighted by Gasteiger charge is 2.46. The molecule has 2 rings (SSSR count). The number of hydrogen-bond donors (Lipinski definition) is 4. The Kier molecular flexibility index (Phi) is 7.43. The molecular formula is C18H29NO6. The predicted molar refractivity (Wildman–Crippen MR) is 91.4 cm³/mol. The Balaban J connectivity index is 2.15. The average molecular weight is 355 g/mol. The summed E-state index contributed by atoms with van der Waals surface area (Å²) >= 11 is 0. The van der Waals surface area contributed by atoms with E-state index < -0.39 is 37.1 Å². The third-order valence-corrected chi connectivity index (χ3v) is 4.81. The molecule has 2 heterocycles. The van der Waals surface area contributed by atoms with Gasteiger partial charge in [-0.05, 0) is 12.8 Å². The lowest BCUT2D eigenvalue weighted by Gasteiger charge is -2.34. The monoisotopic (exact) mass is 355 g/mol. The van der Waals surface area contributed by atoms with Crippen molar-refractivity contribution in [2.75, 3.05) is 6.61 Å². The van der Waals surface area contributed by atoms with Gasteiger partial charge in [-0.15, -0.1) is 0 Å². The smallest absolute Gasteiger partial charge is 0.333 e. The van der Waals surface area contributed by atoms with Gasteiger partial charge in [0.1, 0.15) is 18.3 Å². The summed E-state index contributed by atoms with van der Waals surface area (Å²) in [6.07, 6.45) is 5.37. The van der Waals surface area contributed by atoms with E-state index in [1.807, 2.05) is 0 Å². The van der Waals surface area contributed by atoms with Gasteiger partial charge >= 0.3 is 5.97 Å². The summed E-state index contributed by atoms with van der Waals surface area (Å²) < 4.78 is 5.58. The molecule has 25 heavy (non-hydrogen) atoms. The number of ether oxygens (including phenoxy) is 1. The first-order valence-electron chi connectivity index (χ1n) is 9.04. The van der Waals surface area contributed by atoms with Gasteiger partial charge < -0.3 is 30.1 Å². The van der Waals surface area contributed by atoms with Crippen LogP contribution in [0.2, 0.25) is 0 Å². The molecule has 7 heteroatoms. The van der Waals surface area contributed by atoms with Crippen LogP contribution in [0.1, 0.15) is 51.9 Å². The SMILES string of the molecule is CCCCCCCC1=C(C(=O)O)CC=CN1[C@@H]1O[C@H](CO)[C@H](O)[C@@H]1O. The lowest BCUT2D eigenvalue weighted by molar-refractivity contribution is -0.133. The summed E-state index contributed by atoms with van der Waals surface area (Å²) in [5.41, 5.74) is 0.900. The minimum atomic E-state index is -1.22. The maximum absolute atomic E-state index is 11.6. The van der Waals surface area contributed by atoms with Gasteiger partial charge in [0.05, 0.1) is 12.2 Å². The van der Waals surface area contributed by atoms with E-state index in [0.717, 1.165) is 32.1 Å². The molecular weight excluding hydrogens is 326 g/mol. The van der Waals surface area contributed by atoms with Gasteiger partial charge in [0.2, 0.25) is 0 Å². The number of nitrogens with zero attached hydrogens (tertiary/aromatic N) is 1. The number of carboxylic acids is 1. The number of allylic oxidation sites excluding steroid dienone is 2. The van der Waals surface area contributed by atoms with Gasteiger partial charge in [0.25, 0.3) is 0 Å². The lowest BCUT2D eigenvalue weighted by Crippen LogP contribution is -2.42. The van der Waals surface area contributed by atoms with Crippen molar-refractivity contribution in [3.8, 4) is 0 Å². The number of carbonyl (C=O) groups is 1. The van der Waals surface area contributed by atoms with Crippen LogP contribution in [0, 0.1) is 0 Å². The van der Waals surface area contributed by atoms with Gasteiger partial charge in [-0.1, -0.05) is 38.7 Å². The molecule has 0 aromatic heterocycles. The summed E-state index contributed by atoms with van der Waals surface area (Å²) in [4.78, 5) is 13.2. The lowest BCUT2D eigenvalue weighted by atomic mass is 9.99. The Morgan fingerprint density at radius 3 is 2.56 bits per heavy atom. The Bertz CT molecular complexity index is 518. The first kappa shape index (κ1) is 19.9. The van der Waals surface area contributed by atoms with Gasteiger partial charge in [0.15, 0.2) is 6.23 Å². The standard InChI is InChI=1S/C18H29NO6/c1-2-3-4-5-6-9-13-12(18(23)24)8-7-10-19(13)17-16(22)15(21)14(11-20)25-17/h7,10,14-17,20-22H,2-6,8-9,11H2,1H3,(H,23,24)/t14-,15+,16+,17-/m1/s1. The van der Waals surface area contributed by atoms with E-state index in [1.54, 1.807) is 17.2 Å². The van der Waals surface area contributed by atoms with E-state index in [1.165, 1.54) is 0 Å². The van der Waals surface area contributed by atoms with Gasteiger partial charge in [-0.2, -0.15) is 0 Å². The molecule has 0 aromatic rings. The highest BCUT2D eigenvalue weighted by Crippen LogP contribution is 2.33. The van der Waals surface area contributed by atoms with Crippen LogP contribution in [0.3, 0.4) is 0 Å². The summed E-state index contributed by atoms with van der Waals surface area (Å²) in [6, 6.07) is 0. The molecule has 2 aliphatic heterocycles. The fourth-order valence-corrected chi connectivity index (χ4v) is 3.38. The molecule has 1 fully saturated rings. The fourth-order valence-electron chi connectivity index (χ4n) is 3.38. The molecule has 142 valence electrons. The van der Waals surface area contributed by atoms with Gasteiger partial charge in [-0.25, -0.2) is 4.79 Å². The Morgan fingerprint density at radius 2 is 1.96 bits per heavy atom. The topological polar surface area (TPSA) is 110 Å². The van der Waals surface area contributed by atoms with Crippen LogP contribution >= 0.6 is 0 Å². The molecule has 0 aliphatic carbocycles. The van der Waals surface area contributed by atoms with Crippen LogP contribution in [0.15, 0.2) is 23.5 Å². The van der Waals surface area contributed by atoms with Crippen LogP contribution in [-0.2, 0) is 9.53 Å². The van der Waals surface area contributed by atoms with Crippen molar-refractivity contribution in [1.82, 2.24) is 4.90 Å². The molecule has 0 bridgehead atoms. The molecule has 0 radical (unpaired) electrons. The zero-order valence-corrected chi connectivity index (χ0v) is 14.7. The Hall–Kier alpha value is -1.41. The van der Waals surface area contributed by atoms with Crippen molar-refractivity contribution in [3.63, 3.8) is 0 Å². The summed E-state index contributed by atoms with van der Waals surface area (Å²) in [5, 5.41) is 39.0. The number of unbranched alkanes of at least 4 members (excludes halogenated alkanes) is 4. The van der Waals surface area contributed by atoms with Crippen molar-refractivity contribution in [2.45, 2.75) is 76.4 Å². The fraction of sp³-hybridized carbons (Fsp3) is 0.722. The van der Waals surface area contributed by atoms with Crippen LogP contribution in [0.25, 0.3) is 0 Å². The zero-order valence-electron chi connectivity index (χ0n) is 14.7. The predicted octanol–water partition coefficient (Wildman–Crippen LogP) is 1.34. The number of rotatable bonds is 9. The molecule has 1 saturated heterocycles. The van der Waals surface area contributed by atoms with Crippen molar-refractivity contribution >= 4 is 5.97 Å².